The molecule has 0 radical (unpaired) electrons. The Labute approximate surface area is 158 Å². The monoisotopic (exact) mass is 406 g/mol. The van der Waals surface area contributed by atoms with Crippen molar-refractivity contribution in [2.45, 2.75) is 4.90 Å². The first-order valence-corrected chi connectivity index (χ1v) is 9.38. The summed E-state index contributed by atoms with van der Waals surface area (Å²) in [7, 11) is -4.17. The summed E-state index contributed by atoms with van der Waals surface area (Å²) >= 11 is 0. The van der Waals surface area contributed by atoms with Gasteiger partial charge in [-0.3, -0.25) is 9.52 Å². The van der Waals surface area contributed by atoms with Gasteiger partial charge in [0.15, 0.2) is 0 Å². The molecule has 144 valence electrons. The second-order valence-corrected chi connectivity index (χ2v) is 7.37. The molecule has 1 amide bonds. The van der Waals surface area contributed by atoms with E-state index in [1.807, 2.05) is 0 Å². The van der Waals surface area contributed by atoms with Gasteiger partial charge in [0.05, 0.1) is 16.3 Å². The number of nitrogens with one attached hydrogen (secondary N) is 2. The SMILES string of the molecule is O=C(Nc1ccc(F)cc1F)c1cccc(S(=O)(=O)Nc2ccccc2F)c1. The van der Waals surface area contributed by atoms with Crippen LogP contribution >= 0.6 is 0 Å². The molecule has 0 bridgehead atoms. The number of amides is 1. The Kier molecular flexibility index (Phi) is 5.36. The van der Waals surface area contributed by atoms with E-state index >= 15 is 0 Å². The van der Waals surface area contributed by atoms with E-state index in [1.165, 1.54) is 36.4 Å². The molecular weight excluding hydrogens is 393 g/mol. The fraction of sp³-hybridized carbons (Fsp3) is 0. The maximum Gasteiger partial charge on any atom is 0.262 e. The minimum atomic E-state index is -4.17. The van der Waals surface area contributed by atoms with Crippen molar-refractivity contribution in [3.05, 3.63) is 89.7 Å². The summed E-state index contributed by atoms with van der Waals surface area (Å²) in [6, 6.07) is 12.7. The number of carbonyl (C=O) groups excluding carboxylic acids is 1. The van der Waals surface area contributed by atoms with Gasteiger partial charge in [-0.2, -0.15) is 0 Å². The molecule has 0 saturated carbocycles. The molecule has 0 aliphatic heterocycles. The molecule has 0 heterocycles. The van der Waals surface area contributed by atoms with Crippen LogP contribution in [0.2, 0.25) is 0 Å². The average molecular weight is 406 g/mol. The molecule has 0 aromatic heterocycles. The number of hydrogen-bond acceptors (Lipinski definition) is 3. The molecule has 9 heteroatoms. The largest absolute Gasteiger partial charge is 0.319 e. The Bertz CT molecular complexity index is 1150. The van der Waals surface area contributed by atoms with Gasteiger partial charge in [0.1, 0.15) is 17.5 Å². The highest BCUT2D eigenvalue weighted by Gasteiger charge is 2.18. The molecule has 3 aromatic carbocycles. The average Bonchev–Trinajstić information content (AvgIpc) is 2.66. The molecule has 2 N–H and O–H groups in total. The van der Waals surface area contributed by atoms with Gasteiger partial charge in [0, 0.05) is 11.6 Å². The van der Waals surface area contributed by atoms with Gasteiger partial charge in [-0.1, -0.05) is 18.2 Å². The molecule has 0 atom stereocenters. The van der Waals surface area contributed by atoms with Crippen LogP contribution in [0.25, 0.3) is 0 Å². The maximum atomic E-state index is 13.7. The van der Waals surface area contributed by atoms with Gasteiger partial charge >= 0.3 is 0 Å². The van der Waals surface area contributed by atoms with Gasteiger partial charge < -0.3 is 5.32 Å². The van der Waals surface area contributed by atoms with E-state index in [2.05, 4.69) is 10.0 Å². The van der Waals surface area contributed by atoms with Gasteiger partial charge in [-0.15, -0.1) is 0 Å². The topological polar surface area (TPSA) is 75.3 Å². The summed E-state index contributed by atoms with van der Waals surface area (Å²) in [6.45, 7) is 0. The Morgan fingerprint density at radius 3 is 2.25 bits per heavy atom. The van der Waals surface area contributed by atoms with E-state index in [0.29, 0.717) is 6.07 Å². The predicted molar refractivity (Wildman–Crippen MR) is 98.0 cm³/mol. The minimum absolute atomic E-state index is 0.0832. The standard InChI is InChI=1S/C19H13F3N2O3S/c20-13-8-9-17(16(22)11-13)23-19(25)12-4-3-5-14(10-12)28(26,27)24-18-7-2-1-6-15(18)21/h1-11,24H,(H,23,25). The van der Waals surface area contributed by atoms with E-state index in [1.54, 1.807) is 0 Å². The van der Waals surface area contributed by atoms with Crippen molar-refractivity contribution in [3.8, 4) is 0 Å². The number of carbonyl (C=O) groups is 1. The van der Waals surface area contributed by atoms with E-state index in [9.17, 15) is 26.4 Å². The van der Waals surface area contributed by atoms with Gasteiger partial charge in [0.2, 0.25) is 0 Å². The third kappa shape index (κ3) is 4.32. The smallest absolute Gasteiger partial charge is 0.262 e. The fourth-order valence-corrected chi connectivity index (χ4v) is 3.45. The van der Waals surface area contributed by atoms with Gasteiger partial charge in [-0.25, -0.2) is 21.6 Å². The molecule has 0 aliphatic rings. The second kappa shape index (κ2) is 7.73. The molecule has 0 unspecified atom stereocenters. The van der Waals surface area contributed by atoms with Crippen LogP contribution < -0.4 is 10.0 Å². The van der Waals surface area contributed by atoms with Crippen molar-refractivity contribution in [2.24, 2.45) is 0 Å². The first-order valence-electron chi connectivity index (χ1n) is 7.90. The van der Waals surface area contributed by atoms with Crippen LogP contribution in [0.3, 0.4) is 0 Å². The van der Waals surface area contributed by atoms with Crippen molar-refractivity contribution in [1.82, 2.24) is 0 Å². The van der Waals surface area contributed by atoms with Crippen LogP contribution in [0.15, 0.2) is 71.6 Å². The van der Waals surface area contributed by atoms with E-state index in [-0.39, 0.29) is 21.8 Å². The van der Waals surface area contributed by atoms with Crippen molar-refractivity contribution in [1.29, 1.82) is 0 Å². The quantitative estimate of drug-likeness (QED) is 0.668. The Balaban J connectivity index is 1.85. The molecule has 3 rings (SSSR count). The first-order chi connectivity index (χ1) is 13.3. The lowest BCUT2D eigenvalue weighted by atomic mass is 10.2. The fourth-order valence-electron chi connectivity index (χ4n) is 2.34. The zero-order chi connectivity index (χ0) is 20.3. The highest BCUT2D eigenvalue weighted by atomic mass is 32.2. The third-order valence-corrected chi connectivity index (χ3v) is 5.07. The summed E-state index contributed by atoms with van der Waals surface area (Å²) in [5.74, 6) is -3.33. The van der Waals surface area contributed by atoms with E-state index in [4.69, 9.17) is 0 Å². The van der Waals surface area contributed by atoms with E-state index < -0.39 is 33.4 Å². The highest BCUT2D eigenvalue weighted by molar-refractivity contribution is 7.92. The molecule has 5 nitrogen and oxygen atoms in total. The lowest BCUT2D eigenvalue weighted by Crippen LogP contribution is -2.17. The normalized spacial score (nSPS) is 11.1. The molecular formula is C19H13F3N2O3S. The number of rotatable bonds is 5. The zero-order valence-corrected chi connectivity index (χ0v) is 14.9. The summed E-state index contributed by atoms with van der Waals surface area (Å²) in [5.41, 5.74) is -0.588. The van der Waals surface area contributed by atoms with Crippen LogP contribution in [0, 0.1) is 17.5 Å². The third-order valence-electron chi connectivity index (χ3n) is 3.70. The molecule has 0 aliphatic carbocycles. The number of anilines is 2. The van der Waals surface area contributed by atoms with Crippen LogP contribution in [0.5, 0.6) is 0 Å². The van der Waals surface area contributed by atoms with Crippen molar-refractivity contribution in [3.63, 3.8) is 0 Å². The van der Waals surface area contributed by atoms with Crippen molar-refractivity contribution < 1.29 is 26.4 Å². The summed E-state index contributed by atoms with van der Waals surface area (Å²) in [4.78, 5) is 12.0. The summed E-state index contributed by atoms with van der Waals surface area (Å²) < 4.78 is 67.4. The number of benzene rings is 3. The van der Waals surface area contributed by atoms with Crippen LogP contribution in [-0.2, 0) is 10.0 Å². The van der Waals surface area contributed by atoms with Gasteiger partial charge in [-0.05, 0) is 42.5 Å². The Morgan fingerprint density at radius 1 is 0.786 bits per heavy atom. The zero-order valence-electron chi connectivity index (χ0n) is 14.1. The molecule has 0 saturated heterocycles. The lowest BCUT2D eigenvalue weighted by molar-refractivity contribution is 0.102. The number of para-hydroxylation sites is 1. The Hall–Kier alpha value is -3.33. The molecule has 0 spiro atoms. The molecule has 3 aromatic rings. The minimum Gasteiger partial charge on any atom is -0.319 e. The number of hydrogen-bond donors (Lipinski definition) is 2. The van der Waals surface area contributed by atoms with Crippen LogP contribution in [0.1, 0.15) is 10.4 Å². The predicted octanol–water partition coefficient (Wildman–Crippen LogP) is 4.16. The maximum absolute atomic E-state index is 13.7. The van der Waals surface area contributed by atoms with Crippen molar-refractivity contribution >= 4 is 27.3 Å². The van der Waals surface area contributed by atoms with Gasteiger partial charge in [0.25, 0.3) is 15.9 Å². The number of halogens is 3. The molecule has 28 heavy (non-hydrogen) atoms. The van der Waals surface area contributed by atoms with Crippen LogP contribution in [-0.4, -0.2) is 14.3 Å². The molecule has 0 fully saturated rings. The van der Waals surface area contributed by atoms with Crippen molar-refractivity contribution in [2.75, 3.05) is 10.0 Å². The highest BCUT2D eigenvalue weighted by Crippen LogP contribution is 2.21. The summed E-state index contributed by atoms with van der Waals surface area (Å²) in [5, 5.41) is 2.24. The van der Waals surface area contributed by atoms with E-state index in [0.717, 1.165) is 24.3 Å². The lowest BCUT2D eigenvalue weighted by Gasteiger charge is -2.11. The summed E-state index contributed by atoms with van der Waals surface area (Å²) in [6.07, 6.45) is 0. The Morgan fingerprint density at radius 2 is 1.54 bits per heavy atom. The van der Waals surface area contributed by atoms with Crippen LogP contribution in [0.4, 0.5) is 24.5 Å². The first kappa shape index (κ1) is 19.4. The number of sulfonamides is 1. The second-order valence-electron chi connectivity index (χ2n) is 5.69.